The number of amides is 2. The van der Waals surface area contributed by atoms with Gasteiger partial charge in [0.15, 0.2) is 6.61 Å². The van der Waals surface area contributed by atoms with E-state index in [0.717, 1.165) is 24.0 Å². The molecule has 126 valence electrons. The predicted molar refractivity (Wildman–Crippen MR) is 89.3 cm³/mol. The number of hydrazine groups is 1. The summed E-state index contributed by atoms with van der Waals surface area (Å²) in [7, 11) is 0. The first-order valence-corrected chi connectivity index (χ1v) is 8.30. The van der Waals surface area contributed by atoms with Crippen molar-refractivity contribution in [3.8, 4) is 5.75 Å². The van der Waals surface area contributed by atoms with E-state index in [2.05, 4.69) is 10.9 Å². The van der Waals surface area contributed by atoms with Gasteiger partial charge in [0.05, 0.1) is 0 Å². The largest absolute Gasteiger partial charge is 0.484 e. The molecule has 0 saturated heterocycles. The third-order valence-electron chi connectivity index (χ3n) is 4.07. The molecule has 6 heteroatoms. The Morgan fingerprint density at radius 1 is 1.13 bits per heavy atom. The summed E-state index contributed by atoms with van der Waals surface area (Å²) in [5.41, 5.74) is 6.61. The minimum Gasteiger partial charge on any atom is -0.484 e. The van der Waals surface area contributed by atoms with Gasteiger partial charge in [-0.15, -0.1) is 0 Å². The maximum atomic E-state index is 11.7. The minimum atomic E-state index is -0.393. The molecule has 5 nitrogen and oxygen atoms in total. The number of rotatable bonds is 5. The SMILES string of the molecule is Cc1cc(OCC(=O)NNC(=O)CC2CCCC2)cc(C)c1Cl. The Kier molecular flexibility index (Phi) is 6.28. The number of nitrogens with one attached hydrogen (secondary N) is 2. The normalized spacial score (nSPS) is 14.6. The fourth-order valence-electron chi connectivity index (χ4n) is 2.84. The number of aryl methyl sites for hydroxylation is 2. The van der Waals surface area contributed by atoms with Crippen molar-refractivity contribution >= 4 is 23.4 Å². The average molecular weight is 339 g/mol. The second kappa shape index (κ2) is 8.20. The quantitative estimate of drug-likeness (QED) is 0.811. The van der Waals surface area contributed by atoms with Crippen molar-refractivity contribution in [2.45, 2.75) is 46.0 Å². The molecule has 0 bridgehead atoms. The molecule has 0 aromatic heterocycles. The first kappa shape index (κ1) is 17.6. The van der Waals surface area contributed by atoms with Gasteiger partial charge >= 0.3 is 0 Å². The zero-order chi connectivity index (χ0) is 16.8. The van der Waals surface area contributed by atoms with Crippen LogP contribution in [0, 0.1) is 19.8 Å². The van der Waals surface area contributed by atoms with E-state index in [1.807, 2.05) is 13.8 Å². The highest BCUT2D eigenvalue weighted by atomic mass is 35.5. The molecule has 2 amide bonds. The minimum absolute atomic E-state index is 0.150. The van der Waals surface area contributed by atoms with Crippen LogP contribution in [0.4, 0.5) is 0 Å². The standard InChI is InChI=1S/C17H23ClN2O3/c1-11-7-14(8-12(2)17(11)18)23-10-16(22)20-19-15(21)9-13-5-3-4-6-13/h7-8,13H,3-6,9-10H2,1-2H3,(H,19,21)(H,20,22). The number of hydrogen-bond donors (Lipinski definition) is 2. The Bertz CT molecular complexity index is 560. The zero-order valence-corrected chi connectivity index (χ0v) is 14.3. The molecule has 23 heavy (non-hydrogen) atoms. The molecule has 2 N–H and O–H groups in total. The Labute approximate surface area is 141 Å². The van der Waals surface area contributed by atoms with Crippen LogP contribution in [0.1, 0.15) is 43.2 Å². The summed E-state index contributed by atoms with van der Waals surface area (Å²) in [4.78, 5) is 23.4. The number of hydrogen-bond acceptors (Lipinski definition) is 3. The van der Waals surface area contributed by atoms with Crippen molar-refractivity contribution in [2.75, 3.05) is 6.61 Å². The maximum Gasteiger partial charge on any atom is 0.276 e. The predicted octanol–water partition coefficient (Wildman–Crippen LogP) is 3.06. The van der Waals surface area contributed by atoms with Crippen molar-refractivity contribution in [1.29, 1.82) is 0 Å². The van der Waals surface area contributed by atoms with Gasteiger partial charge in [-0.05, 0) is 55.9 Å². The van der Waals surface area contributed by atoms with Crippen LogP contribution >= 0.6 is 11.6 Å². The Morgan fingerprint density at radius 3 is 2.30 bits per heavy atom. The van der Waals surface area contributed by atoms with E-state index in [-0.39, 0.29) is 12.5 Å². The molecule has 2 rings (SSSR count). The van der Waals surface area contributed by atoms with Gasteiger partial charge < -0.3 is 4.74 Å². The van der Waals surface area contributed by atoms with Crippen LogP contribution in [0.15, 0.2) is 12.1 Å². The Morgan fingerprint density at radius 2 is 1.70 bits per heavy atom. The van der Waals surface area contributed by atoms with E-state index in [1.165, 1.54) is 12.8 Å². The van der Waals surface area contributed by atoms with E-state index in [1.54, 1.807) is 12.1 Å². The van der Waals surface area contributed by atoms with Crippen LogP contribution < -0.4 is 15.6 Å². The average Bonchev–Trinajstić information content (AvgIpc) is 3.01. The Hall–Kier alpha value is -1.75. The number of carbonyl (C=O) groups is 2. The second-order valence-electron chi connectivity index (χ2n) is 6.11. The molecule has 1 aromatic carbocycles. The third kappa shape index (κ3) is 5.43. The van der Waals surface area contributed by atoms with Crippen molar-refractivity contribution in [1.82, 2.24) is 10.9 Å². The highest BCUT2D eigenvalue weighted by Gasteiger charge is 2.18. The van der Waals surface area contributed by atoms with E-state index >= 15 is 0 Å². The first-order valence-electron chi connectivity index (χ1n) is 7.93. The molecule has 0 heterocycles. The van der Waals surface area contributed by atoms with Gasteiger partial charge in [0, 0.05) is 11.4 Å². The number of carbonyl (C=O) groups excluding carboxylic acids is 2. The van der Waals surface area contributed by atoms with Crippen LogP contribution in [0.2, 0.25) is 5.02 Å². The maximum absolute atomic E-state index is 11.7. The van der Waals surface area contributed by atoms with Crippen LogP contribution in [0.3, 0.4) is 0 Å². The van der Waals surface area contributed by atoms with Crippen LogP contribution in [-0.4, -0.2) is 18.4 Å². The zero-order valence-electron chi connectivity index (χ0n) is 13.6. The van der Waals surface area contributed by atoms with Gasteiger partial charge in [0.2, 0.25) is 5.91 Å². The van der Waals surface area contributed by atoms with E-state index in [0.29, 0.717) is 23.1 Å². The highest BCUT2D eigenvalue weighted by Crippen LogP contribution is 2.27. The summed E-state index contributed by atoms with van der Waals surface area (Å²) in [5.74, 6) is 0.485. The van der Waals surface area contributed by atoms with Gasteiger partial charge in [-0.1, -0.05) is 24.4 Å². The lowest BCUT2D eigenvalue weighted by Crippen LogP contribution is -2.44. The topological polar surface area (TPSA) is 67.4 Å². The molecular weight excluding hydrogens is 316 g/mol. The fourth-order valence-corrected chi connectivity index (χ4v) is 2.95. The molecule has 0 atom stereocenters. The summed E-state index contributed by atoms with van der Waals surface area (Å²) in [5, 5.41) is 0.695. The smallest absolute Gasteiger partial charge is 0.276 e. The molecule has 0 unspecified atom stereocenters. The summed E-state index contributed by atoms with van der Waals surface area (Å²) < 4.78 is 5.43. The lowest BCUT2D eigenvalue weighted by molar-refractivity contribution is -0.130. The van der Waals surface area contributed by atoms with Crippen LogP contribution in [0.5, 0.6) is 5.75 Å². The van der Waals surface area contributed by atoms with Gasteiger partial charge in [0.25, 0.3) is 5.91 Å². The summed E-state index contributed by atoms with van der Waals surface area (Å²) in [6, 6.07) is 3.56. The summed E-state index contributed by atoms with van der Waals surface area (Å²) in [6.45, 7) is 3.60. The summed E-state index contributed by atoms with van der Waals surface area (Å²) in [6.07, 6.45) is 5.05. The van der Waals surface area contributed by atoms with E-state index < -0.39 is 5.91 Å². The number of benzene rings is 1. The molecule has 0 spiro atoms. The number of halogens is 1. The summed E-state index contributed by atoms with van der Waals surface area (Å²) >= 11 is 6.08. The fraction of sp³-hybridized carbons (Fsp3) is 0.529. The van der Waals surface area contributed by atoms with Crippen LogP contribution in [0.25, 0.3) is 0 Å². The lowest BCUT2D eigenvalue weighted by atomic mass is 10.0. The van der Waals surface area contributed by atoms with Crippen molar-refractivity contribution in [3.05, 3.63) is 28.3 Å². The third-order valence-corrected chi connectivity index (χ3v) is 4.67. The highest BCUT2D eigenvalue weighted by molar-refractivity contribution is 6.32. The van der Waals surface area contributed by atoms with Gasteiger partial charge in [-0.3, -0.25) is 20.4 Å². The molecule has 0 radical (unpaired) electrons. The van der Waals surface area contributed by atoms with Crippen molar-refractivity contribution in [2.24, 2.45) is 5.92 Å². The molecule has 1 aliphatic rings. The molecule has 0 aliphatic heterocycles. The van der Waals surface area contributed by atoms with Gasteiger partial charge in [0.1, 0.15) is 5.75 Å². The van der Waals surface area contributed by atoms with Crippen molar-refractivity contribution in [3.63, 3.8) is 0 Å². The first-order chi connectivity index (χ1) is 11.0. The van der Waals surface area contributed by atoms with E-state index in [9.17, 15) is 9.59 Å². The second-order valence-corrected chi connectivity index (χ2v) is 6.49. The molecule has 1 saturated carbocycles. The molecular formula is C17H23ClN2O3. The molecule has 1 aromatic rings. The van der Waals surface area contributed by atoms with E-state index in [4.69, 9.17) is 16.3 Å². The Balaban J connectivity index is 1.71. The number of ether oxygens (including phenoxy) is 1. The van der Waals surface area contributed by atoms with Gasteiger partial charge in [-0.25, -0.2) is 0 Å². The van der Waals surface area contributed by atoms with Gasteiger partial charge in [-0.2, -0.15) is 0 Å². The molecule has 1 aliphatic carbocycles. The molecule has 1 fully saturated rings. The monoisotopic (exact) mass is 338 g/mol. The van der Waals surface area contributed by atoms with Crippen LogP contribution in [-0.2, 0) is 9.59 Å². The lowest BCUT2D eigenvalue weighted by Gasteiger charge is -2.12. The van der Waals surface area contributed by atoms with Crippen molar-refractivity contribution < 1.29 is 14.3 Å².